The Labute approximate surface area is 171 Å². The molecule has 0 saturated carbocycles. The van der Waals surface area contributed by atoms with E-state index in [1.807, 2.05) is 44.2 Å². The van der Waals surface area contributed by atoms with Crippen LogP contribution in [0.2, 0.25) is 5.02 Å². The quantitative estimate of drug-likeness (QED) is 0.646. The van der Waals surface area contributed by atoms with Crippen molar-refractivity contribution in [2.75, 3.05) is 18.5 Å². The van der Waals surface area contributed by atoms with Crippen LogP contribution in [0.1, 0.15) is 29.5 Å². The summed E-state index contributed by atoms with van der Waals surface area (Å²) < 4.78 is 6.66. The Kier molecular flexibility index (Phi) is 6.39. The number of fused-ring (bicyclic) bond motifs is 1. The van der Waals surface area contributed by atoms with Gasteiger partial charge in [-0.15, -0.1) is 0 Å². The first-order valence-corrected chi connectivity index (χ1v) is 9.79. The number of rotatable bonds is 4. The number of ether oxygens (including phenoxy) is 1. The number of nitrogens with zero attached hydrogens (tertiary/aromatic N) is 1. The van der Waals surface area contributed by atoms with Crippen LogP contribution < -0.4 is 10.1 Å². The molecular weight excluding hydrogens is 432 g/mol. The molecule has 0 saturated heterocycles. The third kappa shape index (κ3) is 5.02. The van der Waals surface area contributed by atoms with Crippen LogP contribution in [0.4, 0.5) is 5.69 Å². The normalized spacial score (nSPS) is 14.9. The predicted molar refractivity (Wildman–Crippen MR) is 111 cm³/mol. The van der Waals surface area contributed by atoms with Gasteiger partial charge in [0.25, 0.3) is 5.91 Å². The number of aryl methyl sites for hydroxylation is 2. The average molecular weight is 452 g/mol. The summed E-state index contributed by atoms with van der Waals surface area (Å²) >= 11 is 9.68. The molecule has 0 bridgehead atoms. The lowest BCUT2D eigenvalue weighted by molar-refractivity contribution is -0.120. The number of carbonyl (C=O) groups excluding carboxylic acids is 1. The molecule has 0 aromatic heterocycles. The highest BCUT2D eigenvalue weighted by Gasteiger charge is 2.17. The van der Waals surface area contributed by atoms with Crippen molar-refractivity contribution >= 4 is 44.8 Å². The van der Waals surface area contributed by atoms with Crippen LogP contribution in [-0.4, -0.2) is 24.8 Å². The SMILES string of the molecule is Cc1cc(C)c(NC(=O)CON=C2CCCOc3ccc(Br)cc32)c(Cl)c1. The van der Waals surface area contributed by atoms with Crippen LogP contribution in [0.15, 0.2) is 40.0 Å². The summed E-state index contributed by atoms with van der Waals surface area (Å²) in [7, 11) is 0. The molecule has 2 aromatic rings. The molecule has 142 valence electrons. The molecule has 1 aliphatic heterocycles. The van der Waals surface area contributed by atoms with Gasteiger partial charge in [0.05, 0.1) is 23.0 Å². The van der Waals surface area contributed by atoms with Crippen LogP contribution >= 0.6 is 27.5 Å². The number of anilines is 1. The Hall–Kier alpha value is -2.05. The first kappa shape index (κ1) is 19.7. The van der Waals surface area contributed by atoms with E-state index in [4.69, 9.17) is 21.2 Å². The van der Waals surface area contributed by atoms with Crippen molar-refractivity contribution in [3.05, 3.63) is 56.5 Å². The van der Waals surface area contributed by atoms with Gasteiger partial charge in [-0.1, -0.05) is 38.8 Å². The van der Waals surface area contributed by atoms with Crippen LogP contribution in [0.25, 0.3) is 0 Å². The maximum Gasteiger partial charge on any atom is 0.265 e. The fourth-order valence-corrected chi connectivity index (χ4v) is 3.65. The number of hydrogen-bond donors (Lipinski definition) is 1. The third-order valence-electron chi connectivity index (χ3n) is 4.13. The number of hydrogen-bond acceptors (Lipinski definition) is 4. The lowest BCUT2D eigenvalue weighted by Gasteiger charge is -2.11. The first-order chi connectivity index (χ1) is 12.9. The molecule has 0 spiro atoms. The van der Waals surface area contributed by atoms with Gasteiger partial charge in [-0.25, -0.2) is 0 Å². The van der Waals surface area contributed by atoms with Crippen LogP contribution in [0, 0.1) is 13.8 Å². The number of oxime groups is 1. The van der Waals surface area contributed by atoms with Crippen molar-refractivity contribution in [3.8, 4) is 5.75 Å². The van der Waals surface area contributed by atoms with Gasteiger partial charge < -0.3 is 14.9 Å². The highest BCUT2D eigenvalue weighted by molar-refractivity contribution is 9.10. The zero-order valence-electron chi connectivity index (χ0n) is 15.1. The van der Waals surface area contributed by atoms with E-state index in [1.165, 1.54) is 0 Å². The molecule has 27 heavy (non-hydrogen) atoms. The van der Waals surface area contributed by atoms with Crippen molar-refractivity contribution in [1.29, 1.82) is 0 Å². The Morgan fingerprint density at radius 2 is 2.15 bits per heavy atom. The summed E-state index contributed by atoms with van der Waals surface area (Å²) in [6.07, 6.45) is 1.55. The molecule has 1 amide bonds. The van der Waals surface area contributed by atoms with E-state index in [9.17, 15) is 4.79 Å². The van der Waals surface area contributed by atoms with Crippen LogP contribution in [0.5, 0.6) is 5.75 Å². The molecule has 5 nitrogen and oxygen atoms in total. The Balaban J connectivity index is 1.67. The molecule has 0 fully saturated rings. The number of nitrogens with one attached hydrogen (secondary N) is 1. The van der Waals surface area contributed by atoms with Gasteiger partial charge in [-0.05, 0) is 62.1 Å². The minimum absolute atomic E-state index is 0.197. The second kappa shape index (κ2) is 8.76. The van der Waals surface area contributed by atoms with Crippen molar-refractivity contribution in [3.63, 3.8) is 0 Å². The number of amides is 1. The van der Waals surface area contributed by atoms with E-state index in [2.05, 4.69) is 26.4 Å². The standard InChI is InChI=1S/C20H20BrClN2O3/c1-12-8-13(2)20(16(22)9-12)23-19(25)11-27-24-17-4-3-7-26-18-6-5-14(21)10-15(17)18/h5-6,8-10H,3-4,7,11H2,1-2H3,(H,23,25). The molecular formula is C20H20BrClN2O3. The van der Waals surface area contributed by atoms with E-state index in [1.54, 1.807) is 0 Å². The highest BCUT2D eigenvalue weighted by atomic mass is 79.9. The molecule has 0 aliphatic carbocycles. The summed E-state index contributed by atoms with van der Waals surface area (Å²) in [5, 5.41) is 7.48. The smallest absolute Gasteiger partial charge is 0.265 e. The van der Waals surface area contributed by atoms with E-state index < -0.39 is 0 Å². The van der Waals surface area contributed by atoms with Gasteiger partial charge in [0, 0.05) is 10.0 Å². The largest absolute Gasteiger partial charge is 0.493 e. The molecule has 1 heterocycles. The molecule has 0 unspecified atom stereocenters. The van der Waals surface area contributed by atoms with Crippen molar-refractivity contribution in [2.45, 2.75) is 26.7 Å². The second-order valence-electron chi connectivity index (χ2n) is 6.39. The molecule has 0 radical (unpaired) electrons. The van der Waals surface area contributed by atoms with Crippen molar-refractivity contribution < 1.29 is 14.4 Å². The summed E-state index contributed by atoms with van der Waals surface area (Å²) in [5.74, 6) is 0.456. The van der Waals surface area contributed by atoms with E-state index in [0.717, 1.165) is 39.0 Å². The van der Waals surface area contributed by atoms with Crippen LogP contribution in [0.3, 0.4) is 0 Å². The predicted octanol–water partition coefficient (Wildman–Crippen LogP) is 5.25. The van der Waals surface area contributed by atoms with Gasteiger partial charge >= 0.3 is 0 Å². The summed E-state index contributed by atoms with van der Waals surface area (Å²) in [4.78, 5) is 17.5. The summed E-state index contributed by atoms with van der Waals surface area (Å²) in [5.41, 5.74) is 4.18. The zero-order valence-corrected chi connectivity index (χ0v) is 17.5. The van der Waals surface area contributed by atoms with Crippen molar-refractivity contribution in [1.82, 2.24) is 0 Å². The fraction of sp³-hybridized carbons (Fsp3) is 0.300. The maximum atomic E-state index is 12.2. The molecule has 0 atom stereocenters. The monoisotopic (exact) mass is 450 g/mol. The van der Waals surface area contributed by atoms with E-state index in [-0.39, 0.29) is 12.5 Å². The second-order valence-corrected chi connectivity index (χ2v) is 7.71. The first-order valence-electron chi connectivity index (χ1n) is 8.62. The summed E-state index contributed by atoms with van der Waals surface area (Å²) in [6.45, 7) is 4.28. The van der Waals surface area contributed by atoms with Gasteiger partial charge in [-0.2, -0.15) is 0 Å². The molecule has 1 aliphatic rings. The Bertz CT molecular complexity index is 876. The van der Waals surface area contributed by atoms with E-state index in [0.29, 0.717) is 23.7 Å². The minimum Gasteiger partial charge on any atom is -0.493 e. The van der Waals surface area contributed by atoms with Gasteiger partial charge in [0.2, 0.25) is 0 Å². The average Bonchev–Trinajstić information content (AvgIpc) is 2.80. The number of carbonyl (C=O) groups is 1. The lowest BCUT2D eigenvalue weighted by atomic mass is 10.1. The Morgan fingerprint density at radius 1 is 1.33 bits per heavy atom. The number of benzene rings is 2. The summed E-state index contributed by atoms with van der Waals surface area (Å²) in [6, 6.07) is 9.53. The van der Waals surface area contributed by atoms with E-state index >= 15 is 0 Å². The lowest BCUT2D eigenvalue weighted by Crippen LogP contribution is -2.18. The third-order valence-corrected chi connectivity index (χ3v) is 4.93. The molecule has 1 N–H and O–H groups in total. The highest BCUT2D eigenvalue weighted by Crippen LogP contribution is 2.28. The number of halogens is 2. The maximum absolute atomic E-state index is 12.2. The van der Waals surface area contributed by atoms with Crippen molar-refractivity contribution in [2.24, 2.45) is 5.16 Å². The fourth-order valence-electron chi connectivity index (χ4n) is 2.92. The minimum atomic E-state index is -0.312. The molecule has 3 rings (SSSR count). The van der Waals surface area contributed by atoms with Gasteiger partial charge in [0.1, 0.15) is 5.75 Å². The Morgan fingerprint density at radius 3 is 2.93 bits per heavy atom. The topological polar surface area (TPSA) is 59.9 Å². The molecule has 2 aromatic carbocycles. The van der Waals surface area contributed by atoms with Gasteiger partial charge in [0.15, 0.2) is 6.61 Å². The molecule has 7 heteroatoms. The van der Waals surface area contributed by atoms with Gasteiger partial charge in [-0.3, -0.25) is 4.79 Å². The zero-order chi connectivity index (χ0) is 19.4. The van der Waals surface area contributed by atoms with Crippen LogP contribution in [-0.2, 0) is 9.63 Å².